The molecule has 2 rings (SSSR count). The summed E-state index contributed by atoms with van der Waals surface area (Å²) in [4.78, 5) is 0. The van der Waals surface area contributed by atoms with Crippen LogP contribution in [0.5, 0.6) is 0 Å². The van der Waals surface area contributed by atoms with E-state index in [1.54, 1.807) is 6.92 Å². The lowest BCUT2D eigenvalue weighted by atomic mass is 10.4. The zero-order chi connectivity index (χ0) is 12.1. The van der Waals surface area contributed by atoms with Crippen LogP contribution >= 0.6 is 7.14 Å². The molecule has 0 N–H and O–H groups in total. The fraction of sp³-hybridized carbons (Fsp3) is 0.0667. The smallest absolute Gasteiger partial charge is 0.210 e. The molecule has 0 unspecified atom stereocenters. The van der Waals surface area contributed by atoms with E-state index in [4.69, 9.17) is 0 Å². The molecule has 2 aromatic carbocycles. The largest absolute Gasteiger partial charge is 0.300 e. The average Bonchev–Trinajstić information content (AvgIpc) is 2.41. The highest BCUT2D eigenvalue weighted by molar-refractivity contribution is 7.83. The maximum atomic E-state index is 13.0. The predicted octanol–water partition coefficient (Wildman–Crippen LogP) is 2.98. The molecular formula is C15H13OP. The van der Waals surface area contributed by atoms with Gasteiger partial charge in [-0.25, -0.2) is 0 Å². The average molecular weight is 240 g/mol. The van der Waals surface area contributed by atoms with Gasteiger partial charge >= 0.3 is 0 Å². The Bertz CT molecular complexity index is 548. The summed E-state index contributed by atoms with van der Waals surface area (Å²) in [6.07, 6.45) is 0. The zero-order valence-corrected chi connectivity index (χ0v) is 10.5. The van der Waals surface area contributed by atoms with Gasteiger partial charge in [-0.05, 0) is 12.6 Å². The molecule has 0 heterocycles. The molecule has 0 aliphatic heterocycles. The van der Waals surface area contributed by atoms with Gasteiger partial charge in [-0.2, -0.15) is 0 Å². The van der Waals surface area contributed by atoms with Crippen molar-refractivity contribution in [3.63, 3.8) is 0 Å². The van der Waals surface area contributed by atoms with Crippen molar-refractivity contribution < 1.29 is 4.57 Å². The second-order valence-electron chi connectivity index (χ2n) is 3.64. The van der Waals surface area contributed by atoms with Crippen molar-refractivity contribution in [1.29, 1.82) is 0 Å². The van der Waals surface area contributed by atoms with E-state index in [2.05, 4.69) is 11.6 Å². The van der Waals surface area contributed by atoms with Gasteiger partial charge in [-0.1, -0.05) is 66.6 Å². The molecule has 2 aromatic rings. The summed E-state index contributed by atoms with van der Waals surface area (Å²) in [7, 11) is -2.79. The number of hydrogen-bond donors (Lipinski definition) is 0. The molecule has 1 nitrogen and oxygen atoms in total. The summed E-state index contributed by atoms with van der Waals surface area (Å²) >= 11 is 0. The molecule has 0 amide bonds. The van der Waals surface area contributed by atoms with Crippen LogP contribution in [0.15, 0.2) is 60.7 Å². The monoisotopic (exact) mass is 240 g/mol. The Morgan fingerprint density at radius 1 is 0.824 bits per heavy atom. The first-order valence-electron chi connectivity index (χ1n) is 5.42. The van der Waals surface area contributed by atoms with Gasteiger partial charge < -0.3 is 0 Å². The van der Waals surface area contributed by atoms with Crippen LogP contribution in [0.3, 0.4) is 0 Å². The van der Waals surface area contributed by atoms with Crippen LogP contribution in [-0.4, -0.2) is 0 Å². The summed E-state index contributed by atoms with van der Waals surface area (Å²) in [5.41, 5.74) is 2.90. The van der Waals surface area contributed by atoms with Crippen LogP contribution in [0, 0.1) is 11.6 Å². The summed E-state index contributed by atoms with van der Waals surface area (Å²) in [5, 5.41) is 1.58. The minimum atomic E-state index is -2.79. The third kappa shape index (κ3) is 2.33. The van der Waals surface area contributed by atoms with E-state index in [1.165, 1.54) is 0 Å². The van der Waals surface area contributed by atoms with Gasteiger partial charge in [0.1, 0.15) is 0 Å². The van der Waals surface area contributed by atoms with E-state index in [0.29, 0.717) is 0 Å². The second-order valence-corrected chi connectivity index (χ2v) is 6.12. The fourth-order valence-corrected chi connectivity index (χ4v) is 3.77. The molecule has 0 spiro atoms. The lowest BCUT2D eigenvalue weighted by Crippen LogP contribution is -2.14. The summed E-state index contributed by atoms with van der Waals surface area (Å²) in [5.74, 6) is 2.79. The SMILES string of the molecule is CC#CP(=O)(c1ccccc1)c1ccccc1. The number of rotatable bonds is 2. The van der Waals surface area contributed by atoms with Gasteiger partial charge in [0.2, 0.25) is 7.14 Å². The Morgan fingerprint density at radius 2 is 1.24 bits per heavy atom. The third-order valence-electron chi connectivity index (χ3n) is 2.51. The van der Waals surface area contributed by atoms with E-state index in [9.17, 15) is 4.57 Å². The zero-order valence-electron chi connectivity index (χ0n) is 9.63. The number of hydrogen-bond acceptors (Lipinski definition) is 1. The van der Waals surface area contributed by atoms with E-state index in [1.807, 2.05) is 60.7 Å². The van der Waals surface area contributed by atoms with E-state index >= 15 is 0 Å². The van der Waals surface area contributed by atoms with Crippen LogP contribution in [0.2, 0.25) is 0 Å². The molecular weight excluding hydrogens is 227 g/mol. The molecule has 0 saturated carbocycles. The Balaban J connectivity index is 2.63. The molecule has 0 aliphatic rings. The number of benzene rings is 2. The summed E-state index contributed by atoms with van der Waals surface area (Å²) < 4.78 is 13.0. The van der Waals surface area contributed by atoms with Crippen LogP contribution in [0.1, 0.15) is 6.92 Å². The van der Waals surface area contributed by atoms with Crippen LogP contribution in [0.25, 0.3) is 0 Å². The van der Waals surface area contributed by atoms with Crippen molar-refractivity contribution in [2.45, 2.75) is 6.92 Å². The Morgan fingerprint density at radius 3 is 1.59 bits per heavy atom. The fourth-order valence-electron chi connectivity index (χ4n) is 1.71. The van der Waals surface area contributed by atoms with E-state index in [-0.39, 0.29) is 0 Å². The normalized spacial score (nSPS) is 10.4. The molecule has 0 radical (unpaired) electrons. The first-order valence-corrected chi connectivity index (χ1v) is 7.13. The van der Waals surface area contributed by atoms with Crippen molar-refractivity contribution in [3.05, 3.63) is 60.7 Å². The van der Waals surface area contributed by atoms with Crippen molar-refractivity contribution >= 4 is 17.8 Å². The van der Waals surface area contributed by atoms with Gasteiger partial charge in [0.25, 0.3) is 0 Å². The Hall–Kier alpha value is -1.77. The minimum Gasteiger partial charge on any atom is -0.300 e. The third-order valence-corrected chi connectivity index (χ3v) is 5.10. The first-order chi connectivity index (χ1) is 8.27. The van der Waals surface area contributed by atoms with Crippen LogP contribution < -0.4 is 10.6 Å². The molecule has 2 heteroatoms. The first kappa shape index (κ1) is 11.7. The quantitative estimate of drug-likeness (QED) is 0.582. The summed E-state index contributed by atoms with van der Waals surface area (Å²) in [6.45, 7) is 1.72. The van der Waals surface area contributed by atoms with Gasteiger partial charge in [0, 0.05) is 10.6 Å². The topological polar surface area (TPSA) is 17.1 Å². The molecule has 0 aromatic heterocycles. The van der Waals surface area contributed by atoms with Crippen molar-refractivity contribution in [1.82, 2.24) is 0 Å². The standard InChI is InChI=1S/C15H13OP/c1-2-13-17(16,14-9-5-3-6-10-14)15-11-7-4-8-12-15/h3-12H,1H3. The molecule has 0 fully saturated rings. The van der Waals surface area contributed by atoms with Crippen molar-refractivity contribution in [3.8, 4) is 11.6 Å². The summed E-state index contributed by atoms with van der Waals surface area (Å²) in [6, 6.07) is 18.9. The van der Waals surface area contributed by atoms with Gasteiger partial charge in [0.05, 0.1) is 0 Å². The molecule has 17 heavy (non-hydrogen) atoms. The molecule has 0 bridgehead atoms. The van der Waals surface area contributed by atoms with E-state index in [0.717, 1.165) is 10.6 Å². The lowest BCUT2D eigenvalue weighted by molar-refractivity contribution is 0.593. The predicted molar refractivity (Wildman–Crippen MR) is 73.2 cm³/mol. The Kier molecular flexibility index (Phi) is 3.47. The lowest BCUT2D eigenvalue weighted by Gasteiger charge is -2.12. The maximum Gasteiger partial charge on any atom is 0.210 e. The van der Waals surface area contributed by atoms with Crippen LogP contribution in [0.4, 0.5) is 0 Å². The molecule has 84 valence electrons. The van der Waals surface area contributed by atoms with Gasteiger partial charge in [-0.15, -0.1) is 0 Å². The van der Waals surface area contributed by atoms with Gasteiger partial charge in [0.15, 0.2) is 0 Å². The highest BCUT2D eigenvalue weighted by atomic mass is 31.2. The molecule has 0 aliphatic carbocycles. The molecule has 0 atom stereocenters. The highest BCUT2D eigenvalue weighted by Gasteiger charge is 2.23. The van der Waals surface area contributed by atoms with E-state index < -0.39 is 7.14 Å². The van der Waals surface area contributed by atoms with Gasteiger partial charge in [-0.3, -0.25) is 4.57 Å². The van der Waals surface area contributed by atoms with Crippen molar-refractivity contribution in [2.75, 3.05) is 0 Å². The maximum absolute atomic E-state index is 13.0. The van der Waals surface area contributed by atoms with Crippen LogP contribution in [-0.2, 0) is 4.57 Å². The second kappa shape index (κ2) is 5.04. The van der Waals surface area contributed by atoms with Crippen molar-refractivity contribution in [2.24, 2.45) is 0 Å². The highest BCUT2D eigenvalue weighted by Crippen LogP contribution is 2.41. The molecule has 0 saturated heterocycles. The Labute approximate surface area is 102 Å². The minimum absolute atomic E-state index is 0.792.